The number of anilines is 1. The molecule has 1 fully saturated rings. The molecule has 2 aromatic carbocycles. The van der Waals surface area contributed by atoms with Gasteiger partial charge in [0.25, 0.3) is 11.6 Å². The van der Waals surface area contributed by atoms with Gasteiger partial charge in [0.05, 0.1) is 4.92 Å². The number of rotatable bonds is 3. The molecule has 1 saturated heterocycles. The molecule has 6 nitrogen and oxygen atoms in total. The van der Waals surface area contributed by atoms with Crippen molar-refractivity contribution < 1.29 is 18.5 Å². The van der Waals surface area contributed by atoms with Gasteiger partial charge in [0.15, 0.2) is 0 Å². The average molecular weight is 347 g/mol. The van der Waals surface area contributed by atoms with Gasteiger partial charge in [0, 0.05) is 55.6 Å². The van der Waals surface area contributed by atoms with Gasteiger partial charge >= 0.3 is 0 Å². The van der Waals surface area contributed by atoms with E-state index in [2.05, 4.69) is 0 Å². The standard InChI is InChI=1S/C17H15F2N3O3/c18-13-8-12(9-14(19)10-13)17(23)21-6-4-20(5-7-21)15-2-1-3-16(11-15)22(24)25/h1-3,8-11H,4-7H2. The maximum Gasteiger partial charge on any atom is 0.271 e. The van der Waals surface area contributed by atoms with Gasteiger partial charge in [-0.2, -0.15) is 0 Å². The van der Waals surface area contributed by atoms with E-state index in [1.165, 1.54) is 17.0 Å². The van der Waals surface area contributed by atoms with Gasteiger partial charge < -0.3 is 9.80 Å². The number of piperazine rings is 1. The van der Waals surface area contributed by atoms with Gasteiger partial charge in [-0.1, -0.05) is 6.07 Å². The third-order valence-corrected chi connectivity index (χ3v) is 4.08. The first-order valence-corrected chi connectivity index (χ1v) is 7.69. The molecule has 0 radical (unpaired) electrons. The normalized spacial score (nSPS) is 14.5. The first-order valence-electron chi connectivity index (χ1n) is 7.69. The zero-order valence-corrected chi connectivity index (χ0v) is 13.2. The fourth-order valence-electron chi connectivity index (χ4n) is 2.83. The van der Waals surface area contributed by atoms with Crippen molar-refractivity contribution in [3.8, 4) is 0 Å². The first-order chi connectivity index (χ1) is 11.9. The summed E-state index contributed by atoms with van der Waals surface area (Å²) in [5.41, 5.74) is 0.686. The lowest BCUT2D eigenvalue weighted by Gasteiger charge is -2.36. The number of nitro groups is 1. The molecular weight excluding hydrogens is 332 g/mol. The molecule has 2 aromatic rings. The molecule has 0 spiro atoms. The van der Waals surface area contributed by atoms with Gasteiger partial charge in [0.2, 0.25) is 0 Å². The van der Waals surface area contributed by atoms with E-state index in [0.717, 1.165) is 18.2 Å². The van der Waals surface area contributed by atoms with Crippen molar-refractivity contribution in [2.45, 2.75) is 0 Å². The Labute approximate surface area is 142 Å². The molecule has 1 aliphatic heterocycles. The molecule has 0 N–H and O–H groups in total. The van der Waals surface area contributed by atoms with E-state index in [4.69, 9.17) is 0 Å². The van der Waals surface area contributed by atoms with Crippen molar-refractivity contribution in [2.75, 3.05) is 31.1 Å². The van der Waals surface area contributed by atoms with Gasteiger partial charge in [-0.05, 0) is 18.2 Å². The van der Waals surface area contributed by atoms with E-state index in [9.17, 15) is 23.7 Å². The summed E-state index contributed by atoms with van der Waals surface area (Å²) in [6.45, 7) is 1.68. The Kier molecular flexibility index (Phi) is 4.60. The average Bonchev–Trinajstić information content (AvgIpc) is 2.60. The summed E-state index contributed by atoms with van der Waals surface area (Å²) in [4.78, 5) is 26.2. The number of carbonyl (C=O) groups excluding carboxylic acids is 1. The topological polar surface area (TPSA) is 66.7 Å². The number of hydrogen-bond donors (Lipinski definition) is 0. The Morgan fingerprint density at radius 3 is 2.24 bits per heavy atom. The van der Waals surface area contributed by atoms with Crippen molar-refractivity contribution >= 4 is 17.3 Å². The number of hydrogen-bond acceptors (Lipinski definition) is 4. The number of nitrogens with zero attached hydrogens (tertiary/aromatic N) is 3. The fourth-order valence-corrected chi connectivity index (χ4v) is 2.83. The lowest BCUT2D eigenvalue weighted by Crippen LogP contribution is -2.48. The Balaban J connectivity index is 1.68. The highest BCUT2D eigenvalue weighted by Crippen LogP contribution is 2.22. The van der Waals surface area contributed by atoms with E-state index >= 15 is 0 Å². The van der Waals surface area contributed by atoms with Crippen molar-refractivity contribution in [1.29, 1.82) is 0 Å². The van der Waals surface area contributed by atoms with Crippen molar-refractivity contribution in [3.63, 3.8) is 0 Å². The van der Waals surface area contributed by atoms with Gasteiger partial charge in [0.1, 0.15) is 11.6 Å². The molecule has 0 aliphatic carbocycles. The van der Waals surface area contributed by atoms with Crippen molar-refractivity contribution in [1.82, 2.24) is 4.90 Å². The molecule has 0 atom stereocenters. The number of nitro benzene ring substituents is 1. The smallest absolute Gasteiger partial charge is 0.271 e. The molecule has 0 unspecified atom stereocenters. The molecular formula is C17H15F2N3O3. The number of benzene rings is 2. The molecule has 1 heterocycles. The Morgan fingerprint density at radius 2 is 1.64 bits per heavy atom. The lowest BCUT2D eigenvalue weighted by atomic mass is 10.1. The number of amides is 1. The van der Waals surface area contributed by atoms with Gasteiger partial charge in [-0.25, -0.2) is 8.78 Å². The van der Waals surface area contributed by atoms with Crippen LogP contribution in [0.4, 0.5) is 20.2 Å². The molecule has 8 heteroatoms. The van der Waals surface area contributed by atoms with Gasteiger partial charge in [-0.3, -0.25) is 14.9 Å². The second-order valence-electron chi connectivity index (χ2n) is 5.71. The van der Waals surface area contributed by atoms with Crippen LogP contribution in [0.15, 0.2) is 42.5 Å². The van der Waals surface area contributed by atoms with Crippen LogP contribution in [-0.4, -0.2) is 41.9 Å². The number of carbonyl (C=O) groups is 1. The van der Waals surface area contributed by atoms with Crippen LogP contribution in [0.25, 0.3) is 0 Å². The lowest BCUT2D eigenvalue weighted by molar-refractivity contribution is -0.384. The Hall–Kier alpha value is -3.03. The van der Waals surface area contributed by atoms with E-state index in [0.29, 0.717) is 31.9 Å². The summed E-state index contributed by atoms with van der Waals surface area (Å²) in [6.07, 6.45) is 0. The van der Waals surface area contributed by atoms with Crippen LogP contribution in [0.1, 0.15) is 10.4 Å². The van der Waals surface area contributed by atoms with Crippen LogP contribution >= 0.6 is 0 Å². The molecule has 0 saturated carbocycles. The Bertz CT molecular complexity index is 800. The summed E-state index contributed by atoms with van der Waals surface area (Å²) in [6, 6.07) is 9.03. The van der Waals surface area contributed by atoms with Crippen LogP contribution in [0.2, 0.25) is 0 Å². The molecule has 0 aromatic heterocycles. The maximum absolute atomic E-state index is 13.3. The zero-order valence-electron chi connectivity index (χ0n) is 13.2. The monoisotopic (exact) mass is 347 g/mol. The predicted molar refractivity (Wildman–Crippen MR) is 87.6 cm³/mol. The summed E-state index contributed by atoms with van der Waals surface area (Å²) in [5, 5.41) is 10.9. The van der Waals surface area contributed by atoms with Crippen LogP contribution in [0.5, 0.6) is 0 Å². The van der Waals surface area contributed by atoms with Crippen LogP contribution < -0.4 is 4.90 Å². The fraction of sp³-hybridized carbons (Fsp3) is 0.235. The van der Waals surface area contributed by atoms with Crippen LogP contribution in [0.3, 0.4) is 0 Å². The van der Waals surface area contributed by atoms with Gasteiger partial charge in [-0.15, -0.1) is 0 Å². The third-order valence-electron chi connectivity index (χ3n) is 4.08. The zero-order chi connectivity index (χ0) is 18.0. The summed E-state index contributed by atoms with van der Waals surface area (Å²) in [5.74, 6) is -2.02. The second-order valence-corrected chi connectivity index (χ2v) is 5.71. The predicted octanol–water partition coefficient (Wildman–Crippen LogP) is 2.84. The molecule has 1 aliphatic rings. The quantitative estimate of drug-likeness (QED) is 0.633. The molecule has 130 valence electrons. The van der Waals surface area contributed by atoms with Crippen molar-refractivity contribution in [2.24, 2.45) is 0 Å². The molecule has 0 bridgehead atoms. The first kappa shape index (κ1) is 16.8. The Morgan fingerprint density at radius 1 is 1.00 bits per heavy atom. The van der Waals surface area contributed by atoms with Crippen LogP contribution in [-0.2, 0) is 0 Å². The minimum atomic E-state index is -0.793. The van der Waals surface area contributed by atoms with E-state index in [-0.39, 0.29) is 11.3 Å². The largest absolute Gasteiger partial charge is 0.368 e. The summed E-state index contributed by atoms with van der Waals surface area (Å²) >= 11 is 0. The summed E-state index contributed by atoms with van der Waals surface area (Å²) in [7, 11) is 0. The SMILES string of the molecule is O=C(c1cc(F)cc(F)c1)N1CCN(c2cccc([N+](=O)[O-])c2)CC1. The molecule has 3 rings (SSSR count). The van der Waals surface area contributed by atoms with Crippen molar-refractivity contribution in [3.05, 3.63) is 69.8 Å². The highest BCUT2D eigenvalue weighted by Gasteiger charge is 2.23. The minimum Gasteiger partial charge on any atom is -0.368 e. The minimum absolute atomic E-state index is 0.00578. The van der Waals surface area contributed by atoms with E-state index in [1.807, 2.05) is 4.90 Å². The third kappa shape index (κ3) is 3.73. The second kappa shape index (κ2) is 6.84. The molecule has 25 heavy (non-hydrogen) atoms. The summed E-state index contributed by atoms with van der Waals surface area (Å²) < 4.78 is 26.5. The highest BCUT2D eigenvalue weighted by atomic mass is 19.1. The van der Waals surface area contributed by atoms with Crippen LogP contribution in [0, 0.1) is 21.7 Å². The maximum atomic E-state index is 13.3. The number of non-ortho nitro benzene ring substituents is 1. The number of halogens is 2. The van der Waals surface area contributed by atoms with E-state index in [1.54, 1.807) is 12.1 Å². The van der Waals surface area contributed by atoms with E-state index < -0.39 is 22.5 Å². The molecule has 1 amide bonds. The highest BCUT2D eigenvalue weighted by molar-refractivity contribution is 5.94.